The molecular weight excluding hydrogens is 360 g/mol. The van der Waals surface area contributed by atoms with Crippen molar-refractivity contribution in [3.63, 3.8) is 0 Å². The van der Waals surface area contributed by atoms with Gasteiger partial charge in [-0.2, -0.15) is 0 Å². The van der Waals surface area contributed by atoms with Crippen LogP contribution in [0.25, 0.3) is 17.0 Å². The molecule has 0 spiro atoms. The van der Waals surface area contributed by atoms with Crippen LogP contribution >= 0.6 is 0 Å². The molecule has 2 aromatic heterocycles. The predicted molar refractivity (Wildman–Crippen MR) is 115 cm³/mol. The van der Waals surface area contributed by atoms with Crippen molar-refractivity contribution < 1.29 is 5.11 Å². The van der Waals surface area contributed by atoms with Gasteiger partial charge in [-0.1, -0.05) is 43.0 Å². The van der Waals surface area contributed by atoms with Crippen LogP contribution in [0.3, 0.4) is 0 Å². The summed E-state index contributed by atoms with van der Waals surface area (Å²) in [7, 11) is 0. The largest absolute Gasteiger partial charge is 0.382 e. The molecule has 3 N–H and O–H groups in total. The summed E-state index contributed by atoms with van der Waals surface area (Å²) >= 11 is 0. The molecule has 0 fully saturated rings. The second kappa shape index (κ2) is 7.53. The van der Waals surface area contributed by atoms with Gasteiger partial charge in [-0.05, 0) is 54.2 Å². The number of benzene rings is 2. The molecule has 4 aromatic rings. The third-order valence-corrected chi connectivity index (χ3v) is 5.57. The lowest BCUT2D eigenvalue weighted by molar-refractivity contribution is 0.215. The van der Waals surface area contributed by atoms with E-state index in [1.165, 1.54) is 0 Å². The quantitative estimate of drug-likeness (QED) is 0.459. The van der Waals surface area contributed by atoms with Crippen molar-refractivity contribution in [2.75, 3.05) is 0 Å². The molecule has 0 amide bonds. The van der Waals surface area contributed by atoms with E-state index in [1.54, 1.807) is 18.7 Å². The summed E-state index contributed by atoms with van der Waals surface area (Å²) in [6.45, 7) is 10.3. The first-order valence-corrected chi connectivity index (χ1v) is 9.54. The average Bonchev–Trinajstić information content (AvgIpc) is 3.41. The van der Waals surface area contributed by atoms with Crippen LogP contribution in [0.15, 0.2) is 61.7 Å². The Kier molecular flexibility index (Phi) is 4.91. The molecule has 0 radical (unpaired) electrons. The first kappa shape index (κ1) is 18.9. The van der Waals surface area contributed by atoms with E-state index in [0.29, 0.717) is 5.69 Å². The lowest BCUT2D eigenvalue weighted by atomic mass is 9.95. The third kappa shape index (κ3) is 3.41. The molecule has 0 bridgehead atoms. The Morgan fingerprint density at radius 3 is 2.59 bits per heavy atom. The fraction of sp³-hybridized carbons (Fsp3) is 0.167. The van der Waals surface area contributed by atoms with Crippen LogP contribution < -0.4 is 0 Å². The summed E-state index contributed by atoms with van der Waals surface area (Å²) in [6, 6.07) is 12.0. The van der Waals surface area contributed by atoms with Crippen molar-refractivity contribution in [1.29, 1.82) is 0 Å². The number of hydrogen-bond donors (Lipinski definition) is 3. The maximum absolute atomic E-state index is 10.9. The number of rotatable bonds is 5. The SMILES string of the molecule is C=C(c1cnc[nH]1)c1cccc(-c2ncc(C(O)c3cccc(C)c3C)[nH]2)c1C. The van der Waals surface area contributed by atoms with Gasteiger partial charge in [0.2, 0.25) is 0 Å². The smallest absolute Gasteiger partial charge is 0.137 e. The second-order valence-electron chi connectivity index (χ2n) is 7.30. The van der Waals surface area contributed by atoms with Crippen LogP contribution in [-0.4, -0.2) is 25.0 Å². The zero-order chi connectivity index (χ0) is 20.5. The molecule has 4 rings (SSSR count). The number of hydrogen-bond acceptors (Lipinski definition) is 3. The minimum atomic E-state index is -0.750. The Morgan fingerprint density at radius 2 is 1.83 bits per heavy atom. The average molecular weight is 384 g/mol. The van der Waals surface area contributed by atoms with Gasteiger partial charge in [0.05, 0.1) is 30.1 Å². The van der Waals surface area contributed by atoms with Gasteiger partial charge >= 0.3 is 0 Å². The van der Waals surface area contributed by atoms with E-state index >= 15 is 0 Å². The Labute approximate surface area is 170 Å². The number of nitrogens with one attached hydrogen (secondary N) is 2. The fourth-order valence-corrected chi connectivity index (χ4v) is 3.63. The maximum Gasteiger partial charge on any atom is 0.137 e. The number of imidazole rings is 2. The highest BCUT2D eigenvalue weighted by Gasteiger charge is 2.18. The highest BCUT2D eigenvalue weighted by Crippen LogP contribution is 2.31. The van der Waals surface area contributed by atoms with Gasteiger partial charge < -0.3 is 15.1 Å². The van der Waals surface area contributed by atoms with E-state index < -0.39 is 6.10 Å². The molecule has 5 heteroatoms. The van der Waals surface area contributed by atoms with Gasteiger partial charge in [-0.3, -0.25) is 0 Å². The Balaban J connectivity index is 1.69. The minimum absolute atomic E-state index is 0.672. The molecule has 146 valence electrons. The van der Waals surface area contributed by atoms with Gasteiger partial charge in [0, 0.05) is 5.56 Å². The topological polar surface area (TPSA) is 77.6 Å². The molecule has 5 nitrogen and oxygen atoms in total. The Bertz CT molecular complexity index is 1170. The highest BCUT2D eigenvalue weighted by atomic mass is 16.3. The molecule has 0 aliphatic heterocycles. The summed E-state index contributed by atoms with van der Waals surface area (Å²) in [5, 5.41) is 10.9. The van der Waals surface area contributed by atoms with Gasteiger partial charge in [0.1, 0.15) is 11.9 Å². The minimum Gasteiger partial charge on any atom is -0.382 e. The van der Waals surface area contributed by atoms with Crippen molar-refractivity contribution in [2.24, 2.45) is 0 Å². The van der Waals surface area contributed by atoms with E-state index in [4.69, 9.17) is 0 Å². The predicted octanol–water partition coefficient (Wildman–Crippen LogP) is 4.87. The molecular formula is C24H24N4O. The fourth-order valence-electron chi connectivity index (χ4n) is 3.63. The number of aliphatic hydroxyl groups excluding tert-OH is 1. The van der Waals surface area contributed by atoms with Crippen molar-refractivity contribution in [3.8, 4) is 11.4 Å². The zero-order valence-corrected chi connectivity index (χ0v) is 16.8. The molecule has 1 unspecified atom stereocenters. The lowest BCUT2D eigenvalue weighted by Crippen LogP contribution is -2.03. The van der Waals surface area contributed by atoms with Gasteiger partial charge in [-0.25, -0.2) is 9.97 Å². The first-order valence-electron chi connectivity index (χ1n) is 9.54. The van der Waals surface area contributed by atoms with E-state index in [1.807, 2.05) is 50.2 Å². The maximum atomic E-state index is 10.9. The highest BCUT2D eigenvalue weighted by molar-refractivity contribution is 5.81. The number of aromatic amines is 2. The lowest BCUT2D eigenvalue weighted by Gasteiger charge is -2.14. The normalized spacial score (nSPS) is 12.1. The van der Waals surface area contributed by atoms with E-state index in [0.717, 1.165) is 50.5 Å². The molecule has 1 atom stereocenters. The molecule has 0 saturated carbocycles. The van der Waals surface area contributed by atoms with Crippen molar-refractivity contribution in [2.45, 2.75) is 26.9 Å². The third-order valence-electron chi connectivity index (χ3n) is 5.57. The van der Waals surface area contributed by atoms with Crippen LogP contribution in [0.5, 0.6) is 0 Å². The van der Waals surface area contributed by atoms with E-state index in [9.17, 15) is 5.11 Å². The molecule has 0 saturated heterocycles. The van der Waals surface area contributed by atoms with Crippen LogP contribution in [0, 0.1) is 20.8 Å². The van der Waals surface area contributed by atoms with Crippen LogP contribution in [0.4, 0.5) is 0 Å². The van der Waals surface area contributed by atoms with Crippen LogP contribution in [-0.2, 0) is 0 Å². The number of H-pyrrole nitrogens is 2. The second-order valence-corrected chi connectivity index (χ2v) is 7.30. The number of aliphatic hydroxyl groups is 1. The van der Waals surface area contributed by atoms with Crippen LogP contribution in [0.2, 0.25) is 0 Å². The molecule has 0 aliphatic carbocycles. The Morgan fingerprint density at radius 1 is 1.03 bits per heavy atom. The standard InChI is InChI=1S/C24H24N4O/c1-14-7-5-9-19(15(14)2)23(29)22-12-26-24(28-22)20-10-6-8-18(16(20)3)17(4)21-11-25-13-27-21/h5-13,23,29H,4H2,1-3H3,(H,25,27)(H,26,28). The Hall–Kier alpha value is -3.44. The zero-order valence-electron chi connectivity index (χ0n) is 16.8. The molecule has 29 heavy (non-hydrogen) atoms. The van der Waals surface area contributed by atoms with Gasteiger partial charge in [0.15, 0.2) is 0 Å². The van der Waals surface area contributed by atoms with Crippen molar-refractivity contribution in [1.82, 2.24) is 19.9 Å². The van der Waals surface area contributed by atoms with E-state index in [2.05, 4.69) is 33.4 Å². The summed E-state index contributed by atoms with van der Waals surface area (Å²) in [5.41, 5.74) is 8.63. The first-order chi connectivity index (χ1) is 14.0. The molecule has 0 aliphatic rings. The van der Waals surface area contributed by atoms with Crippen LogP contribution in [0.1, 0.15) is 45.3 Å². The summed E-state index contributed by atoms with van der Waals surface area (Å²) in [6.07, 6.45) is 4.37. The van der Waals surface area contributed by atoms with E-state index in [-0.39, 0.29) is 0 Å². The van der Waals surface area contributed by atoms with Gasteiger partial charge in [0.25, 0.3) is 0 Å². The van der Waals surface area contributed by atoms with Crippen molar-refractivity contribution >= 4 is 5.57 Å². The molecule has 2 aromatic carbocycles. The van der Waals surface area contributed by atoms with Crippen molar-refractivity contribution in [3.05, 3.63) is 101 Å². The number of aromatic nitrogens is 4. The molecule has 2 heterocycles. The monoisotopic (exact) mass is 384 g/mol. The number of nitrogens with zero attached hydrogens (tertiary/aromatic N) is 2. The van der Waals surface area contributed by atoms with Gasteiger partial charge in [-0.15, -0.1) is 0 Å². The number of aryl methyl sites for hydroxylation is 1. The summed E-state index contributed by atoms with van der Waals surface area (Å²) < 4.78 is 0. The summed E-state index contributed by atoms with van der Waals surface area (Å²) in [4.78, 5) is 15.0. The summed E-state index contributed by atoms with van der Waals surface area (Å²) in [5.74, 6) is 0.723.